The normalized spacial score (nSPS) is 20.9. The van der Waals surface area contributed by atoms with Crippen molar-refractivity contribution in [1.82, 2.24) is 15.0 Å². The highest BCUT2D eigenvalue weighted by molar-refractivity contribution is 5.77. The van der Waals surface area contributed by atoms with Crippen LogP contribution in [0.25, 0.3) is 11.0 Å². The van der Waals surface area contributed by atoms with Gasteiger partial charge >= 0.3 is 6.18 Å². The topological polar surface area (TPSA) is 95.5 Å². The van der Waals surface area contributed by atoms with Crippen LogP contribution in [0.1, 0.15) is 23.2 Å². The lowest BCUT2D eigenvalue weighted by molar-refractivity contribution is -0.209. The third kappa shape index (κ3) is 4.37. The number of pyridine rings is 1. The summed E-state index contributed by atoms with van der Waals surface area (Å²) < 4.78 is 78.5. The first-order valence-electron chi connectivity index (χ1n) is 9.72. The summed E-state index contributed by atoms with van der Waals surface area (Å²) in [5, 5.41) is 0. The number of methoxy groups -OCH3 is 1. The van der Waals surface area contributed by atoms with E-state index < -0.39 is 42.8 Å². The Morgan fingerprint density at radius 3 is 2.70 bits per heavy atom. The van der Waals surface area contributed by atoms with E-state index in [4.69, 9.17) is 10.5 Å². The zero-order valence-electron chi connectivity index (χ0n) is 17.2. The molecule has 2 N–H and O–H groups in total. The Kier molecular flexibility index (Phi) is 5.76. The van der Waals surface area contributed by atoms with Crippen molar-refractivity contribution in [2.75, 3.05) is 13.8 Å². The van der Waals surface area contributed by atoms with Crippen LogP contribution in [0.15, 0.2) is 41.8 Å². The molecule has 2 atom stereocenters. The molecule has 3 heterocycles. The van der Waals surface area contributed by atoms with Crippen LogP contribution in [-0.4, -0.2) is 47.0 Å². The molecule has 1 aliphatic heterocycles. The molecule has 3 aromatic rings. The van der Waals surface area contributed by atoms with Gasteiger partial charge in [-0.05, 0) is 17.7 Å². The van der Waals surface area contributed by atoms with E-state index >= 15 is 0 Å². The Morgan fingerprint density at radius 1 is 1.21 bits per heavy atom. The fourth-order valence-electron chi connectivity index (χ4n) is 3.74. The van der Waals surface area contributed by atoms with E-state index in [0.29, 0.717) is 28.0 Å². The molecular formula is C21H18F5N5O2. The van der Waals surface area contributed by atoms with E-state index in [1.54, 1.807) is 6.07 Å². The molecule has 174 valence electrons. The van der Waals surface area contributed by atoms with E-state index in [-0.39, 0.29) is 12.0 Å². The average molecular weight is 467 g/mol. The van der Waals surface area contributed by atoms with Crippen molar-refractivity contribution in [2.45, 2.75) is 30.7 Å². The minimum atomic E-state index is -4.83. The van der Waals surface area contributed by atoms with Crippen LogP contribution < -0.4 is 10.5 Å². The fourth-order valence-corrected chi connectivity index (χ4v) is 3.74. The third-order valence-corrected chi connectivity index (χ3v) is 5.36. The number of rotatable bonds is 5. The standard InChI is InChI=1S/C21H18F5N5O2/c1-32-12-6-16-18(28-8-12)15(29-10-30-16)5-11-2-3-14(23)13(4-11)20(9-22)7-17(21(24,25)26)33-19(27)31-20/h2-4,6,8,10,17H,5,7,9H2,1H3,(H2,27,31)/t17-,20+/m0/s1. The van der Waals surface area contributed by atoms with Gasteiger partial charge in [-0.1, -0.05) is 6.07 Å². The van der Waals surface area contributed by atoms with Gasteiger partial charge in [0.05, 0.1) is 24.5 Å². The van der Waals surface area contributed by atoms with E-state index in [2.05, 4.69) is 24.7 Å². The first kappa shape index (κ1) is 22.6. The molecule has 0 saturated heterocycles. The van der Waals surface area contributed by atoms with Crippen molar-refractivity contribution < 1.29 is 31.4 Å². The Hall–Kier alpha value is -3.57. The van der Waals surface area contributed by atoms with Gasteiger partial charge in [-0.15, -0.1) is 0 Å². The molecule has 0 unspecified atom stereocenters. The maximum absolute atomic E-state index is 14.8. The van der Waals surface area contributed by atoms with Gasteiger partial charge < -0.3 is 15.2 Å². The highest BCUT2D eigenvalue weighted by Gasteiger charge is 2.52. The number of halogens is 5. The zero-order valence-corrected chi connectivity index (χ0v) is 17.2. The Morgan fingerprint density at radius 2 is 2.00 bits per heavy atom. The first-order valence-corrected chi connectivity index (χ1v) is 9.72. The van der Waals surface area contributed by atoms with Crippen molar-refractivity contribution >= 4 is 17.1 Å². The number of hydrogen-bond donors (Lipinski definition) is 1. The summed E-state index contributed by atoms with van der Waals surface area (Å²) in [6.45, 7) is -1.40. The first-order chi connectivity index (χ1) is 15.6. The van der Waals surface area contributed by atoms with Crippen LogP contribution in [0.3, 0.4) is 0 Å². The molecule has 7 nitrogen and oxygen atoms in total. The van der Waals surface area contributed by atoms with Crippen molar-refractivity contribution in [3.63, 3.8) is 0 Å². The smallest absolute Gasteiger partial charge is 0.425 e. The molecule has 12 heteroatoms. The van der Waals surface area contributed by atoms with E-state index in [0.717, 1.165) is 6.07 Å². The second kappa shape index (κ2) is 8.41. The predicted octanol–water partition coefficient (Wildman–Crippen LogP) is 3.59. The number of amidine groups is 1. The Labute approximate surface area is 184 Å². The monoisotopic (exact) mass is 467 g/mol. The highest BCUT2D eigenvalue weighted by atomic mass is 19.4. The lowest BCUT2D eigenvalue weighted by atomic mass is 9.83. The zero-order chi connectivity index (χ0) is 23.8. The molecule has 0 bridgehead atoms. The predicted molar refractivity (Wildman–Crippen MR) is 108 cm³/mol. The Balaban J connectivity index is 1.74. The number of nitrogens with two attached hydrogens (primary N) is 1. The molecule has 0 saturated carbocycles. The SMILES string of the molecule is COc1cnc2c(Cc3ccc(F)c([C@]4(CF)C[C@@H](C(F)(F)F)OC(N)=N4)c3)ncnc2c1. The van der Waals surface area contributed by atoms with Gasteiger partial charge in [-0.2, -0.15) is 13.2 Å². The average Bonchev–Trinajstić information content (AvgIpc) is 2.79. The molecule has 1 aliphatic rings. The maximum Gasteiger partial charge on any atom is 0.425 e. The minimum absolute atomic E-state index is 0.131. The summed E-state index contributed by atoms with van der Waals surface area (Å²) in [6, 6.07) is 4.55. The highest BCUT2D eigenvalue weighted by Crippen LogP contribution is 2.41. The van der Waals surface area contributed by atoms with Crippen LogP contribution in [0.4, 0.5) is 22.0 Å². The lowest BCUT2D eigenvalue weighted by Crippen LogP contribution is -2.48. The van der Waals surface area contributed by atoms with E-state index in [1.165, 1.54) is 31.8 Å². The summed E-state index contributed by atoms with van der Waals surface area (Å²) in [5.74, 6) is -0.415. The fraction of sp³-hybridized carbons (Fsp3) is 0.333. The second-order valence-electron chi connectivity index (χ2n) is 7.52. The molecule has 0 amide bonds. The Bertz CT molecular complexity index is 1220. The number of ether oxygens (including phenoxy) is 2. The van der Waals surface area contributed by atoms with Gasteiger partial charge in [0, 0.05) is 24.5 Å². The van der Waals surface area contributed by atoms with Gasteiger partial charge in [0.15, 0.2) is 6.10 Å². The van der Waals surface area contributed by atoms with Crippen molar-refractivity contribution in [3.05, 3.63) is 59.4 Å². The number of alkyl halides is 4. The number of nitrogens with zero attached hydrogens (tertiary/aromatic N) is 4. The molecule has 33 heavy (non-hydrogen) atoms. The molecule has 0 aliphatic carbocycles. The summed E-state index contributed by atoms with van der Waals surface area (Å²) in [4.78, 5) is 16.4. The van der Waals surface area contributed by atoms with Crippen LogP contribution in [-0.2, 0) is 16.7 Å². The van der Waals surface area contributed by atoms with E-state index in [1.807, 2.05) is 0 Å². The lowest BCUT2D eigenvalue weighted by Gasteiger charge is -2.36. The van der Waals surface area contributed by atoms with Gasteiger partial charge in [0.1, 0.15) is 35.6 Å². The van der Waals surface area contributed by atoms with Crippen molar-refractivity contribution in [2.24, 2.45) is 10.7 Å². The molecule has 0 radical (unpaired) electrons. The molecule has 1 aromatic carbocycles. The third-order valence-electron chi connectivity index (χ3n) is 5.36. The van der Waals surface area contributed by atoms with Crippen molar-refractivity contribution in [3.8, 4) is 5.75 Å². The summed E-state index contributed by atoms with van der Waals surface area (Å²) >= 11 is 0. The summed E-state index contributed by atoms with van der Waals surface area (Å²) in [5.41, 5.74) is 4.80. The van der Waals surface area contributed by atoms with Crippen LogP contribution in [0.2, 0.25) is 0 Å². The van der Waals surface area contributed by atoms with Gasteiger partial charge in [0.2, 0.25) is 0 Å². The van der Waals surface area contributed by atoms with Gasteiger partial charge in [-0.25, -0.2) is 28.7 Å². The van der Waals surface area contributed by atoms with Crippen LogP contribution >= 0.6 is 0 Å². The number of benzene rings is 1. The summed E-state index contributed by atoms with van der Waals surface area (Å²) in [6.07, 6.45) is -5.26. The number of fused-ring (bicyclic) bond motifs is 1. The van der Waals surface area contributed by atoms with Gasteiger partial charge in [0.25, 0.3) is 6.02 Å². The number of aliphatic imine (C=N–C) groups is 1. The second-order valence-corrected chi connectivity index (χ2v) is 7.52. The largest absolute Gasteiger partial charge is 0.495 e. The maximum atomic E-state index is 14.8. The molecule has 0 fully saturated rings. The molecule has 4 rings (SSSR count). The van der Waals surface area contributed by atoms with Crippen LogP contribution in [0.5, 0.6) is 5.75 Å². The molecule has 0 spiro atoms. The molecule has 2 aromatic heterocycles. The number of aromatic nitrogens is 3. The quantitative estimate of drug-likeness (QED) is 0.577. The summed E-state index contributed by atoms with van der Waals surface area (Å²) in [7, 11) is 1.49. The van der Waals surface area contributed by atoms with Crippen molar-refractivity contribution in [1.29, 1.82) is 0 Å². The van der Waals surface area contributed by atoms with E-state index in [9.17, 15) is 22.0 Å². The minimum Gasteiger partial charge on any atom is -0.495 e. The number of hydrogen-bond acceptors (Lipinski definition) is 7. The molecular weight excluding hydrogens is 449 g/mol. The van der Waals surface area contributed by atoms with Gasteiger partial charge in [-0.3, -0.25) is 0 Å². The van der Waals surface area contributed by atoms with Crippen LogP contribution in [0, 0.1) is 5.82 Å².